The Bertz CT molecular complexity index is 395. The van der Waals surface area contributed by atoms with Gasteiger partial charge in [-0.2, -0.15) is 0 Å². The maximum Gasteiger partial charge on any atom is 0.318 e. The van der Waals surface area contributed by atoms with Crippen molar-refractivity contribution in [1.82, 2.24) is 0 Å². The lowest BCUT2D eigenvalue weighted by Gasteiger charge is -2.35. The van der Waals surface area contributed by atoms with Gasteiger partial charge in [0.15, 0.2) is 0 Å². The Labute approximate surface area is 87.7 Å². The Morgan fingerprint density at radius 3 is 1.93 bits per heavy atom. The fourth-order valence-corrected chi connectivity index (χ4v) is 3.24. The van der Waals surface area contributed by atoms with Crippen LogP contribution in [0.2, 0.25) is 0 Å². The number of fused-ring (bicyclic) bond motifs is 2. The Morgan fingerprint density at radius 2 is 1.67 bits per heavy atom. The first kappa shape index (κ1) is 10.3. The normalized spacial score (nSPS) is 42.3. The highest BCUT2D eigenvalue weighted by molar-refractivity contribution is 6.48. The van der Waals surface area contributed by atoms with Gasteiger partial charge in [-0.1, -0.05) is 20.8 Å². The molecule has 0 aromatic rings. The van der Waals surface area contributed by atoms with E-state index in [1.807, 2.05) is 0 Å². The summed E-state index contributed by atoms with van der Waals surface area (Å²) in [5.41, 5.74) is -3.04. The first-order chi connectivity index (χ1) is 6.72. The average Bonchev–Trinajstić information content (AvgIpc) is 2.39. The topological polar surface area (TPSA) is 71.4 Å². The highest BCUT2D eigenvalue weighted by atomic mass is 16.4. The van der Waals surface area contributed by atoms with E-state index < -0.39 is 33.8 Å². The van der Waals surface area contributed by atoms with Crippen molar-refractivity contribution < 1.29 is 19.5 Å². The number of carboxylic acid groups (broad SMARTS) is 1. The highest BCUT2D eigenvalue weighted by Crippen LogP contribution is 2.68. The molecule has 1 N–H and O–H groups in total. The molecule has 0 unspecified atom stereocenters. The fourth-order valence-electron chi connectivity index (χ4n) is 3.24. The minimum atomic E-state index is -1.47. The number of carbonyl (C=O) groups is 3. The zero-order valence-electron chi connectivity index (χ0n) is 9.09. The molecule has 2 atom stereocenters. The zero-order valence-corrected chi connectivity index (χ0v) is 9.09. The van der Waals surface area contributed by atoms with E-state index in [1.165, 1.54) is 0 Å². The van der Waals surface area contributed by atoms with Crippen molar-refractivity contribution in [2.24, 2.45) is 16.2 Å². The molecule has 0 saturated heterocycles. The van der Waals surface area contributed by atoms with Gasteiger partial charge in [0.25, 0.3) is 0 Å². The Morgan fingerprint density at radius 1 is 1.13 bits per heavy atom. The smallest absolute Gasteiger partial charge is 0.318 e. The van der Waals surface area contributed by atoms with E-state index in [0.29, 0.717) is 6.42 Å². The first-order valence-corrected chi connectivity index (χ1v) is 5.04. The predicted molar refractivity (Wildman–Crippen MR) is 51.2 cm³/mol. The molecule has 0 aromatic carbocycles. The summed E-state index contributed by atoms with van der Waals surface area (Å²) in [6, 6.07) is 0. The van der Waals surface area contributed by atoms with E-state index in [-0.39, 0.29) is 6.42 Å². The molecule has 4 heteroatoms. The van der Waals surface area contributed by atoms with Crippen LogP contribution in [-0.2, 0) is 14.4 Å². The Kier molecular flexibility index (Phi) is 1.59. The second-order valence-corrected chi connectivity index (χ2v) is 5.33. The van der Waals surface area contributed by atoms with Crippen LogP contribution in [0.4, 0.5) is 0 Å². The van der Waals surface area contributed by atoms with Crippen LogP contribution in [0.3, 0.4) is 0 Å². The molecular formula is C11H14O4. The number of rotatable bonds is 1. The molecular weight excluding hydrogens is 196 g/mol. The fraction of sp³-hybridized carbons (Fsp3) is 0.727. The van der Waals surface area contributed by atoms with Crippen molar-refractivity contribution in [3.63, 3.8) is 0 Å². The van der Waals surface area contributed by atoms with Crippen molar-refractivity contribution in [1.29, 1.82) is 0 Å². The number of hydrogen-bond acceptors (Lipinski definition) is 3. The SMILES string of the molecule is CC1(C)[C@]2(C(=O)O)CC[C@@]1(C)C(=O)C2=O. The molecule has 2 rings (SSSR count). The lowest BCUT2D eigenvalue weighted by molar-refractivity contribution is -0.160. The van der Waals surface area contributed by atoms with Crippen molar-refractivity contribution >= 4 is 17.5 Å². The summed E-state index contributed by atoms with van der Waals surface area (Å²) >= 11 is 0. The van der Waals surface area contributed by atoms with E-state index in [1.54, 1.807) is 20.8 Å². The molecule has 0 spiro atoms. The maximum atomic E-state index is 11.8. The standard InChI is InChI=1S/C11H14O4/c1-9(2)10(3)4-5-11(9,8(14)15)7(13)6(10)12/h4-5H2,1-3H3,(H,14,15)/t10-,11+/m0/s1. The molecule has 2 saturated carbocycles. The van der Waals surface area contributed by atoms with Gasteiger partial charge in [0.05, 0.1) is 0 Å². The second kappa shape index (κ2) is 2.31. The maximum absolute atomic E-state index is 11.8. The third kappa shape index (κ3) is 0.713. The third-order valence-corrected chi connectivity index (χ3v) is 4.91. The minimum Gasteiger partial charge on any atom is -0.480 e. The number of Topliss-reactive ketones (excluding diaryl/α,β-unsaturated/α-hetero) is 2. The van der Waals surface area contributed by atoms with E-state index in [9.17, 15) is 19.5 Å². The molecule has 15 heavy (non-hydrogen) atoms. The van der Waals surface area contributed by atoms with Crippen LogP contribution in [0.5, 0.6) is 0 Å². The van der Waals surface area contributed by atoms with Crippen LogP contribution in [-0.4, -0.2) is 22.6 Å². The van der Waals surface area contributed by atoms with Crippen LogP contribution >= 0.6 is 0 Å². The molecule has 0 radical (unpaired) electrons. The molecule has 4 nitrogen and oxygen atoms in total. The van der Waals surface area contributed by atoms with Gasteiger partial charge in [-0.3, -0.25) is 14.4 Å². The molecule has 0 aromatic heterocycles. The van der Waals surface area contributed by atoms with Crippen LogP contribution < -0.4 is 0 Å². The van der Waals surface area contributed by atoms with Gasteiger partial charge in [0.2, 0.25) is 11.6 Å². The summed E-state index contributed by atoms with van der Waals surface area (Å²) < 4.78 is 0. The Hall–Kier alpha value is -1.19. The summed E-state index contributed by atoms with van der Waals surface area (Å²) in [4.78, 5) is 34.9. The quantitative estimate of drug-likeness (QED) is 0.518. The molecule has 2 bridgehead atoms. The number of hydrogen-bond donors (Lipinski definition) is 1. The monoisotopic (exact) mass is 210 g/mol. The first-order valence-electron chi connectivity index (χ1n) is 5.04. The highest BCUT2D eigenvalue weighted by Gasteiger charge is 2.78. The molecule has 2 aliphatic rings. The predicted octanol–water partition coefficient (Wildman–Crippen LogP) is 1.04. The summed E-state index contributed by atoms with van der Waals surface area (Å²) in [5.74, 6) is -2.35. The summed E-state index contributed by atoms with van der Waals surface area (Å²) in [6.45, 7) is 5.15. The second-order valence-electron chi connectivity index (χ2n) is 5.33. The zero-order chi connectivity index (χ0) is 11.6. The van der Waals surface area contributed by atoms with E-state index >= 15 is 0 Å². The van der Waals surface area contributed by atoms with Gasteiger partial charge in [-0.15, -0.1) is 0 Å². The van der Waals surface area contributed by atoms with Gasteiger partial charge in [0.1, 0.15) is 5.41 Å². The summed E-state index contributed by atoms with van der Waals surface area (Å²) in [5, 5.41) is 9.26. The van der Waals surface area contributed by atoms with E-state index in [4.69, 9.17) is 0 Å². The molecule has 2 fully saturated rings. The number of carbonyl (C=O) groups excluding carboxylic acids is 2. The van der Waals surface area contributed by atoms with Crippen molar-refractivity contribution in [2.75, 3.05) is 0 Å². The minimum absolute atomic E-state index is 0.288. The number of carboxylic acids is 1. The third-order valence-electron chi connectivity index (χ3n) is 4.91. The van der Waals surface area contributed by atoms with Crippen molar-refractivity contribution in [3.05, 3.63) is 0 Å². The van der Waals surface area contributed by atoms with E-state index in [0.717, 1.165) is 0 Å². The molecule has 2 aliphatic carbocycles. The lowest BCUT2D eigenvalue weighted by atomic mass is 9.65. The van der Waals surface area contributed by atoms with Crippen LogP contribution in [0.25, 0.3) is 0 Å². The van der Waals surface area contributed by atoms with Crippen molar-refractivity contribution in [3.8, 4) is 0 Å². The van der Waals surface area contributed by atoms with Gasteiger partial charge in [-0.05, 0) is 12.8 Å². The van der Waals surface area contributed by atoms with Gasteiger partial charge in [-0.25, -0.2) is 0 Å². The largest absolute Gasteiger partial charge is 0.480 e. The summed E-state index contributed by atoms with van der Waals surface area (Å²) in [7, 11) is 0. The van der Waals surface area contributed by atoms with Crippen LogP contribution in [0, 0.1) is 16.2 Å². The molecule has 0 aliphatic heterocycles. The molecule has 0 amide bonds. The Balaban J connectivity index is 2.73. The average molecular weight is 210 g/mol. The number of ketones is 2. The summed E-state index contributed by atoms with van der Waals surface area (Å²) in [6.07, 6.45) is 0.785. The molecule has 0 heterocycles. The van der Waals surface area contributed by atoms with Crippen LogP contribution in [0.15, 0.2) is 0 Å². The van der Waals surface area contributed by atoms with Gasteiger partial charge in [0, 0.05) is 10.8 Å². The number of aliphatic carboxylic acids is 1. The van der Waals surface area contributed by atoms with Gasteiger partial charge >= 0.3 is 5.97 Å². The van der Waals surface area contributed by atoms with Gasteiger partial charge < -0.3 is 5.11 Å². The molecule has 82 valence electrons. The van der Waals surface area contributed by atoms with E-state index in [2.05, 4.69) is 0 Å². The van der Waals surface area contributed by atoms with Crippen molar-refractivity contribution in [2.45, 2.75) is 33.6 Å². The lowest BCUT2D eigenvalue weighted by Crippen LogP contribution is -2.44. The van der Waals surface area contributed by atoms with Crippen LogP contribution in [0.1, 0.15) is 33.6 Å².